The van der Waals surface area contributed by atoms with Crippen molar-refractivity contribution in [3.63, 3.8) is 0 Å². The molecule has 1 aromatic rings. The van der Waals surface area contributed by atoms with Crippen LogP contribution < -0.4 is 10.2 Å². The van der Waals surface area contributed by atoms with Gasteiger partial charge in [0.25, 0.3) is 0 Å². The number of nitrogens with zero attached hydrogens (tertiary/aromatic N) is 3. The highest BCUT2D eigenvalue weighted by molar-refractivity contribution is 5.80. The molecule has 0 atom stereocenters. The normalized spacial score (nSPS) is 19.3. The number of morpholine rings is 1. The summed E-state index contributed by atoms with van der Waals surface area (Å²) in [5, 5.41) is 2.88. The van der Waals surface area contributed by atoms with Crippen LogP contribution in [0.3, 0.4) is 0 Å². The Bertz CT molecular complexity index is 456. The predicted molar refractivity (Wildman–Crippen MR) is 69.6 cm³/mol. The summed E-state index contributed by atoms with van der Waals surface area (Å²) in [6, 6.07) is 1.90. The van der Waals surface area contributed by atoms with Crippen LogP contribution in [0.4, 0.5) is 5.82 Å². The molecule has 2 aliphatic rings. The van der Waals surface area contributed by atoms with Crippen molar-refractivity contribution in [3.05, 3.63) is 18.1 Å². The lowest BCUT2D eigenvalue weighted by molar-refractivity contribution is -0.122. The van der Waals surface area contributed by atoms with Crippen molar-refractivity contribution in [1.82, 2.24) is 15.3 Å². The molecule has 0 bridgehead atoms. The molecule has 102 valence electrons. The third-order valence-electron chi connectivity index (χ3n) is 3.39. The van der Waals surface area contributed by atoms with E-state index in [9.17, 15) is 4.79 Å². The van der Waals surface area contributed by atoms with Crippen LogP contribution in [0.15, 0.2) is 12.3 Å². The van der Waals surface area contributed by atoms with Crippen LogP contribution in [-0.2, 0) is 16.1 Å². The zero-order valence-electron chi connectivity index (χ0n) is 10.8. The molecule has 0 radical (unpaired) electrons. The highest BCUT2D eigenvalue weighted by atomic mass is 16.5. The largest absolute Gasteiger partial charge is 0.378 e. The first-order valence-corrected chi connectivity index (χ1v) is 6.75. The molecule has 1 saturated carbocycles. The van der Waals surface area contributed by atoms with E-state index in [1.54, 1.807) is 6.20 Å². The molecular weight excluding hydrogens is 244 g/mol. The van der Waals surface area contributed by atoms with Gasteiger partial charge in [0, 0.05) is 25.2 Å². The molecule has 0 unspecified atom stereocenters. The Morgan fingerprint density at radius 2 is 2.21 bits per heavy atom. The van der Waals surface area contributed by atoms with Crippen molar-refractivity contribution >= 4 is 11.7 Å². The van der Waals surface area contributed by atoms with E-state index in [1.807, 2.05) is 6.07 Å². The Morgan fingerprint density at radius 1 is 1.42 bits per heavy atom. The minimum atomic E-state index is 0.125. The fourth-order valence-corrected chi connectivity index (χ4v) is 2.10. The molecule has 1 amide bonds. The van der Waals surface area contributed by atoms with Gasteiger partial charge in [-0.15, -0.1) is 0 Å². The number of nitrogens with one attached hydrogen (secondary N) is 1. The molecule has 0 spiro atoms. The van der Waals surface area contributed by atoms with Gasteiger partial charge in [0.1, 0.15) is 11.6 Å². The fraction of sp³-hybridized carbons (Fsp3) is 0.615. The summed E-state index contributed by atoms with van der Waals surface area (Å²) in [7, 11) is 0. The van der Waals surface area contributed by atoms with Crippen molar-refractivity contribution in [2.75, 3.05) is 31.2 Å². The van der Waals surface area contributed by atoms with Gasteiger partial charge in [0.15, 0.2) is 0 Å². The molecule has 1 aliphatic carbocycles. The van der Waals surface area contributed by atoms with E-state index >= 15 is 0 Å². The Hall–Kier alpha value is -1.69. The van der Waals surface area contributed by atoms with Crippen molar-refractivity contribution in [1.29, 1.82) is 0 Å². The number of ether oxygens (including phenoxy) is 1. The van der Waals surface area contributed by atoms with Gasteiger partial charge in [-0.05, 0) is 18.9 Å². The van der Waals surface area contributed by atoms with Crippen LogP contribution in [0.1, 0.15) is 18.7 Å². The number of carbonyl (C=O) groups excluding carboxylic acids is 1. The average molecular weight is 262 g/mol. The van der Waals surface area contributed by atoms with Crippen molar-refractivity contribution in [3.8, 4) is 0 Å². The Kier molecular flexibility index (Phi) is 3.59. The smallest absolute Gasteiger partial charge is 0.223 e. The minimum Gasteiger partial charge on any atom is -0.378 e. The van der Waals surface area contributed by atoms with Crippen LogP contribution in [-0.4, -0.2) is 42.2 Å². The van der Waals surface area contributed by atoms with Gasteiger partial charge in [0.05, 0.1) is 19.8 Å². The Morgan fingerprint density at radius 3 is 2.95 bits per heavy atom. The lowest BCUT2D eigenvalue weighted by Gasteiger charge is -2.27. The first-order valence-electron chi connectivity index (χ1n) is 6.75. The molecule has 2 heterocycles. The summed E-state index contributed by atoms with van der Waals surface area (Å²) in [5.74, 6) is 1.93. The van der Waals surface area contributed by atoms with Gasteiger partial charge in [0.2, 0.25) is 5.91 Å². The van der Waals surface area contributed by atoms with Crippen LogP contribution in [0.5, 0.6) is 0 Å². The summed E-state index contributed by atoms with van der Waals surface area (Å²) < 4.78 is 5.32. The van der Waals surface area contributed by atoms with E-state index in [4.69, 9.17) is 4.74 Å². The number of rotatable bonds is 4. The lowest BCUT2D eigenvalue weighted by atomic mass is 10.4. The van der Waals surface area contributed by atoms with Crippen LogP contribution in [0.25, 0.3) is 0 Å². The second-order valence-corrected chi connectivity index (χ2v) is 4.92. The summed E-state index contributed by atoms with van der Waals surface area (Å²) in [6.07, 6.45) is 3.78. The van der Waals surface area contributed by atoms with Gasteiger partial charge in [-0.25, -0.2) is 9.97 Å². The lowest BCUT2D eigenvalue weighted by Crippen LogP contribution is -2.37. The molecule has 0 aromatic carbocycles. The van der Waals surface area contributed by atoms with Gasteiger partial charge < -0.3 is 15.0 Å². The average Bonchev–Trinajstić information content (AvgIpc) is 3.31. The zero-order valence-corrected chi connectivity index (χ0v) is 10.8. The maximum absolute atomic E-state index is 11.6. The van der Waals surface area contributed by atoms with Gasteiger partial charge in [-0.3, -0.25) is 4.79 Å². The quantitative estimate of drug-likeness (QED) is 0.847. The minimum absolute atomic E-state index is 0.125. The maximum atomic E-state index is 11.6. The van der Waals surface area contributed by atoms with Gasteiger partial charge >= 0.3 is 0 Å². The second-order valence-electron chi connectivity index (χ2n) is 4.92. The van der Waals surface area contributed by atoms with Crippen molar-refractivity contribution < 1.29 is 9.53 Å². The van der Waals surface area contributed by atoms with E-state index in [1.165, 1.54) is 0 Å². The van der Waals surface area contributed by atoms with E-state index in [-0.39, 0.29) is 11.8 Å². The molecule has 2 fully saturated rings. The molecule has 1 aromatic heterocycles. The fourth-order valence-electron chi connectivity index (χ4n) is 2.10. The highest BCUT2D eigenvalue weighted by Gasteiger charge is 2.29. The third kappa shape index (κ3) is 3.20. The topological polar surface area (TPSA) is 67.4 Å². The van der Waals surface area contributed by atoms with Crippen molar-refractivity contribution in [2.24, 2.45) is 5.92 Å². The predicted octanol–water partition coefficient (Wildman–Crippen LogP) is 0.339. The van der Waals surface area contributed by atoms with Crippen LogP contribution in [0, 0.1) is 5.92 Å². The van der Waals surface area contributed by atoms with Gasteiger partial charge in [-0.2, -0.15) is 0 Å². The number of anilines is 1. The number of hydrogen-bond donors (Lipinski definition) is 1. The van der Waals surface area contributed by atoms with Crippen LogP contribution in [0.2, 0.25) is 0 Å². The maximum Gasteiger partial charge on any atom is 0.223 e. The van der Waals surface area contributed by atoms with E-state index < -0.39 is 0 Å². The molecule has 1 aliphatic heterocycles. The number of amides is 1. The Labute approximate surface area is 112 Å². The van der Waals surface area contributed by atoms with E-state index in [0.717, 1.165) is 45.0 Å². The summed E-state index contributed by atoms with van der Waals surface area (Å²) in [6.45, 7) is 3.58. The highest BCUT2D eigenvalue weighted by Crippen LogP contribution is 2.28. The SMILES string of the molecule is O=C(NCc1nccc(N2CCOCC2)n1)C1CC1. The summed E-state index contributed by atoms with van der Waals surface area (Å²) in [5.41, 5.74) is 0. The molecular formula is C13H18N4O2. The Balaban J connectivity index is 1.60. The summed E-state index contributed by atoms with van der Waals surface area (Å²) in [4.78, 5) is 22.4. The molecule has 6 nitrogen and oxygen atoms in total. The molecule has 19 heavy (non-hydrogen) atoms. The second kappa shape index (κ2) is 5.52. The molecule has 6 heteroatoms. The van der Waals surface area contributed by atoms with E-state index in [2.05, 4.69) is 20.2 Å². The van der Waals surface area contributed by atoms with E-state index in [0.29, 0.717) is 12.4 Å². The monoisotopic (exact) mass is 262 g/mol. The van der Waals surface area contributed by atoms with Crippen LogP contribution >= 0.6 is 0 Å². The number of aromatic nitrogens is 2. The molecule has 1 saturated heterocycles. The number of hydrogen-bond acceptors (Lipinski definition) is 5. The van der Waals surface area contributed by atoms with Gasteiger partial charge in [-0.1, -0.05) is 0 Å². The molecule has 1 N–H and O–H groups in total. The van der Waals surface area contributed by atoms with Crippen molar-refractivity contribution in [2.45, 2.75) is 19.4 Å². The summed E-state index contributed by atoms with van der Waals surface area (Å²) >= 11 is 0. The first kappa shape index (κ1) is 12.3. The first-order chi connectivity index (χ1) is 9.33. The standard InChI is InChI=1S/C13H18N4O2/c18-13(10-1-2-10)15-9-11-14-4-3-12(16-11)17-5-7-19-8-6-17/h3-4,10H,1-2,5-9H2,(H,15,18). The zero-order chi connectivity index (χ0) is 13.1. The third-order valence-corrected chi connectivity index (χ3v) is 3.39. The molecule has 3 rings (SSSR count). The number of carbonyl (C=O) groups is 1.